The molecule has 0 saturated heterocycles. The van der Waals surface area contributed by atoms with Gasteiger partial charge in [-0.15, -0.1) is 0 Å². The fraction of sp³-hybridized carbons (Fsp3) is 0. The summed E-state index contributed by atoms with van der Waals surface area (Å²) in [6, 6.07) is 72.4. The third-order valence-electron chi connectivity index (χ3n) is 9.64. The van der Waals surface area contributed by atoms with E-state index >= 15 is 0 Å². The average molecular weight is 624 g/mol. The van der Waals surface area contributed by atoms with Crippen LogP contribution in [0.3, 0.4) is 0 Å². The summed E-state index contributed by atoms with van der Waals surface area (Å²) < 4.78 is 0. The van der Waals surface area contributed by atoms with E-state index < -0.39 is 0 Å². The van der Waals surface area contributed by atoms with E-state index in [0.29, 0.717) is 0 Å². The Labute approximate surface area is 287 Å². The summed E-state index contributed by atoms with van der Waals surface area (Å²) in [6.07, 6.45) is 0. The highest BCUT2D eigenvalue weighted by Crippen LogP contribution is 2.43. The molecular formula is C48H33N. The van der Waals surface area contributed by atoms with Crippen molar-refractivity contribution in [3.8, 4) is 33.4 Å². The third-order valence-corrected chi connectivity index (χ3v) is 9.64. The maximum absolute atomic E-state index is 2.40. The standard InChI is InChI=1S/C48H33N/c1-2-12-34(13-3-1)35-24-28-41(29-25-35)49(48-33-40-15-5-7-20-45(40)46-21-8-9-22-47(46)48)42-30-26-36(27-31-42)38-17-10-18-39(32-38)44-23-11-16-37-14-4-6-19-43(37)44/h1-33H. The van der Waals surface area contributed by atoms with E-state index in [4.69, 9.17) is 0 Å². The van der Waals surface area contributed by atoms with E-state index in [-0.39, 0.29) is 0 Å². The molecule has 230 valence electrons. The average Bonchev–Trinajstić information content (AvgIpc) is 3.19. The first-order valence-electron chi connectivity index (χ1n) is 16.8. The molecule has 0 bridgehead atoms. The molecule has 0 saturated carbocycles. The lowest BCUT2D eigenvalue weighted by molar-refractivity contribution is 1.30. The second-order valence-corrected chi connectivity index (χ2v) is 12.6. The molecule has 0 amide bonds. The first kappa shape index (κ1) is 28.8. The van der Waals surface area contributed by atoms with Crippen LogP contribution in [0.25, 0.3) is 65.7 Å². The number of benzene rings is 9. The number of hydrogen-bond donors (Lipinski definition) is 0. The van der Waals surface area contributed by atoms with Crippen LogP contribution in [0.2, 0.25) is 0 Å². The number of nitrogens with zero attached hydrogens (tertiary/aromatic N) is 1. The number of anilines is 3. The van der Waals surface area contributed by atoms with Crippen LogP contribution < -0.4 is 4.90 Å². The van der Waals surface area contributed by atoms with Gasteiger partial charge in [-0.3, -0.25) is 0 Å². The van der Waals surface area contributed by atoms with Gasteiger partial charge in [0.15, 0.2) is 0 Å². The SMILES string of the molecule is c1ccc(-c2ccc(N(c3ccc(-c4cccc(-c5cccc6ccccc56)c4)cc3)c3cc4ccccc4c4ccccc34)cc2)cc1. The van der Waals surface area contributed by atoms with Gasteiger partial charge in [-0.2, -0.15) is 0 Å². The Bertz CT molecular complexity index is 2580. The van der Waals surface area contributed by atoms with Gasteiger partial charge in [-0.05, 0) is 96.7 Å². The Morgan fingerprint density at radius 1 is 0.265 bits per heavy atom. The van der Waals surface area contributed by atoms with E-state index in [1.165, 1.54) is 65.7 Å². The highest BCUT2D eigenvalue weighted by Gasteiger charge is 2.18. The van der Waals surface area contributed by atoms with Crippen LogP contribution in [0.5, 0.6) is 0 Å². The summed E-state index contributed by atoms with van der Waals surface area (Å²) in [5.41, 5.74) is 10.7. The molecule has 0 fully saturated rings. The first-order chi connectivity index (χ1) is 24.3. The first-order valence-corrected chi connectivity index (χ1v) is 16.8. The topological polar surface area (TPSA) is 3.24 Å². The van der Waals surface area contributed by atoms with Crippen molar-refractivity contribution in [3.05, 3.63) is 200 Å². The van der Waals surface area contributed by atoms with E-state index in [1.807, 2.05) is 0 Å². The lowest BCUT2D eigenvalue weighted by atomic mass is 9.95. The zero-order chi connectivity index (χ0) is 32.6. The molecule has 0 radical (unpaired) electrons. The van der Waals surface area contributed by atoms with Crippen molar-refractivity contribution in [2.24, 2.45) is 0 Å². The predicted molar refractivity (Wildman–Crippen MR) is 210 cm³/mol. The van der Waals surface area contributed by atoms with Crippen molar-refractivity contribution in [1.82, 2.24) is 0 Å². The highest BCUT2D eigenvalue weighted by atomic mass is 15.1. The van der Waals surface area contributed by atoms with Crippen LogP contribution in [0.15, 0.2) is 200 Å². The van der Waals surface area contributed by atoms with Crippen LogP contribution >= 0.6 is 0 Å². The molecule has 0 aromatic heterocycles. The van der Waals surface area contributed by atoms with Gasteiger partial charge >= 0.3 is 0 Å². The Kier molecular flexibility index (Phi) is 7.22. The lowest BCUT2D eigenvalue weighted by Crippen LogP contribution is -2.10. The van der Waals surface area contributed by atoms with Crippen molar-refractivity contribution in [2.75, 3.05) is 4.90 Å². The molecular weight excluding hydrogens is 591 g/mol. The molecule has 0 atom stereocenters. The van der Waals surface area contributed by atoms with Gasteiger partial charge in [0, 0.05) is 16.8 Å². The molecule has 0 aliphatic carbocycles. The molecule has 0 aliphatic heterocycles. The molecule has 1 heteroatoms. The monoisotopic (exact) mass is 623 g/mol. The van der Waals surface area contributed by atoms with Gasteiger partial charge < -0.3 is 4.90 Å². The quantitative estimate of drug-likeness (QED) is 0.167. The normalized spacial score (nSPS) is 11.3. The van der Waals surface area contributed by atoms with Crippen LogP contribution in [-0.4, -0.2) is 0 Å². The van der Waals surface area contributed by atoms with E-state index in [0.717, 1.165) is 17.1 Å². The van der Waals surface area contributed by atoms with Gasteiger partial charge in [0.05, 0.1) is 5.69 Å². The molecule has 9 rings (SSSR count). The number of rotatable bonds is 6. The molecule has 0 heterocycles. The minimum Gasteiger partial charge on any atom is -0.310 e. The molecule has 49 heavy (non-hydrogen) atoms. The van der Waals surface area contributed by atoms with Crippen molar-refractivity contribution in [1.29, 1.82) is 0 Å². The largest absolute Gasteiger partial charge is 0.310 e. The Hall–Kier alpha value is -6.44. The minimum absolute atomic E-state index is 1.11. The van der Waals surface area contributed by atoms with Crippen LogP contribution in [0.1, 0.15) is 0 Å². The lowest BCUT2D eigenvalue weighted by Gasteiger charge is -2.28. The highest BCUT2D eigenvalue weighted by molar-refractivity contribution is 6.14. The summed E-state index contributed by atoms with van der Waals surface area (Å²) in [5.74, 6) is 0. The smallest absolute Gasteiger partial charge is 0.0546 e. The molecule has 1 nitrogen and oxygen atoms in total. The molecule has 0 unspecified atom stereocenters. The summed E-state index contributed by atoms with van der Waals surface area (Å²) in [5, 5.41) is 7.50. The minimum atomic E-state index is 1.11. The fourth-order valence-electron chi connectivity index (χ4n) is 7.23. The molecule has 0 aliphatic rings. The van der Waals surface area contributed by atoms with Crippen LogP contribution in [0, 0.1) is 0 Å². The molecule has 0 N–H and O–H groups in total. The van der Waals surface area contributed by atoms with Crippen molar-refractivity contribution in [2.45, 2.75) is 0 Å². The Balaban J connectivity index is 1.16. The maximum Gasteiger partial charge on any atom is 0.0546 e. The van der Waals surface area contributed by atoms with Gasteiger partial charge in [0.1, 0.15) is 0 Å². The van der Waals surface area contributed by atoms with Crippen molar-refractivity contribution in [3.63, 3.8) is 0 Å². The van der Waals surface area contributed by atoms with E-state index in [1.54, 1.807) is 0 Å². The van der Waals surface area contributed by atoms with Gasteiger partial charge in [-0.25, -0.2) is 0 Å². The zero-order valence-corrected chi connectivity index (χ0v) is 27.0. The van der Waals surface area contributed by atoms with Gasteiger partial charge in [0.2, 0.25) is 0 Å². The molecule has 9 aromatic carbocycles. The number of hydrogen-bond acceptors (Lipinski definition) is 1. The van der Waals surface area contributed by atoms with Crippen molar-refractivity contribution < 1.29 is 0 Å². The summed E-state index contributed by atoms with van der Waals surface area (Å²) >= 11 is 0. The van der Waals surface area contributed by atoms with Gasteiger partial charge in [-0.1, -0.05) is 164 Å². The second kappa shape index (κ2) is 12.3. The fourth-order valence-corrected chi connectivity index (χ4v) is 7.23. The predicted octanol–water partition coefficient (Wildman–Crippen LogP) is 13.6. The summed E-state index contributed by atoms with van der Waals surface area (Å²) in [4.78, 5) is 2.40. The summed E-state index contributed by atoms with van der Waals surface area (Å²) in [7, 11) is 0. The van der Waals surface area contributed by atoms with E-state index in [9.17, 15) is 0 Å². The number of fused-ring (bicyclic) bond motifs is 4. The maximum atomic E-state index is 2.40. The van der Waals surface area contributed by atoms with Crippen molar-refractivity contribution >= 4 is 49.4 Å². The Morgan fingerprint density at radius 3 is 1.49 bits per heavy atom. The van der Waals surface area contributed by atoms with E-state index in [2.05, 4.69) is 205 Å². The van der Waals surface area contributed by atoms with Gasteiger partial charge in [0.25, 0.3) is 0 Å². The second-order valence-electron chi connectivity index (χ2n) is 12.6. The third kappa shape index (κ3) is 5.32. The summed E-state index contributed by atoms with van der Waals surface area (Å²) in [6.45, 7) is 0. The van der Waals surface area contributed by atoms with Crippen LogP contribution in [-0.2, 0) is 0 Å². The Morgan fingerprint density at radius 2 is 0.755 bits per heavy atom. The van der Waals surface area contributed by atoms with Crippen LogP contribution in [0.4, 0.5) is 17.1 Å². The molecule has 0 spiro atoms. The zero-order valence-electron chi connectivity index (χ0n) is 27.0. The molecule has 9 aromatic rings.